The van der Waals surface area contributed by atoms with E-state index in [1.807, 2.05) is 0 Å². The van der Waals surface area contributed by atoms with Gasteiger partial charge in [-0.1, -0.05) is 17.7 Å². The molecule has 0 spiro atoms. The van der Waals surface area contributed by atoms with E-state index < -0.39 is 10.2 Å². The molecule has 0 amide bonds. The molecule has 13 heavy (non-hydrogen) atoms. The Morgan fingerprint density at radius 1 is 1.54 bits per heavy atom. The summed E-state index contributed by atoms with van der Waals surface area (Å²) in [6.45, 7) is 0.114. The van der Waals surface area contributed by atoms with Crippen molar-refractivity contribution in [3.63, 3.8) is 0 Å². The van der Waals surface area contributed by atoms with Crippen molar-refractivity contribution in [2.75, 3.05) is 0 Å². The van der Waals surface area contributed by atoms with Crippen molar-refractivity contribution in [1.82, 2.24) is 9.71 Å². The van der Waals surface area contributed by atoms with Crippen LogP contribution >= 0.6 is 11.6 Å². The van der Waals surface area contributed by atoms with Gasteiger partial charge in [0.25, 0.3) is 10.2 Å². The molecule has 1 aromatic rings. The van der Waals surface area contributed by atoms with Crippen LogP contribution in [-0.2, 0) is 16.8 Å². The molecular weight excluding hydrogens is 214 g/mol. The van der Waals surface area contributed by atoms with E-state index in [4.69, 9.17) is 16.7 Å². The Bertz CT molecular complexity index is 375. The van der Waals surface area contributed by atoms with Crippen LogP contribution in [0.15, 0.2) is 18.3 Å². The van der Waals surface area contributed by atoms with Gasteiger partial charge in [0.2, 0.25) is 0 Å². The molecule has 0 aromatic carbocycles. The number of pyridine rings is 1. The maximum absolute atomic E-state index is 10.5. The fraction of sp³-hybridized carbons (Fsp3) is 0.167. The Balaban J connectivity index is 2.61. The molecule has 7 heteroatoms. The van der Waals surface area contributed by atoms with Gasteiger partial charge in [0.1, 0.15) is 5.15 Å². The number of nitrogens with zero attached hydrogens (tertiary/aromatic N) is 1. The van der Waals surface area contributed by atoms with E-state index in [0.717, 1.165) is 0 Å². The summed E-state index contributed by atoms with van der Waals surface area (Å²) in [5, 5.41) is 5.09. The molecule has 0 unspecified atom stereocenters. The number of halogens is 1. The van der Waals surface area contributed by atoms with Gasteiger partial charge in [0, 0.05) is 12.7 Å². The summed E-state index contributed by atoms with van der Waals surface area (Å²) >= 11 is 5.53. The van der Waals surface area contributed by atoms with Crippen LogP contribution in [0.3, 0.4) is 0 Å². The largest absolute Gasteiger partial charge is 0.274 e. The van der Waals surface area contributed by atoms with Crippen molar-refractivity contribution >= 4 is 21.8 Å². The second-order valence-corrected chi connectivity index (χ2v) is 4.12. The van der Waals surface area contributed by atoms with Gasteiger partial charge in [0.15, 0.2) is 0 Å². The summed E-state index contributed by atoms with van der Waals surface area (Å²) in [5.74, 6) is 0. The number of aromatic nitrogens is 1. The van der Waals surface area contributed by atoms with Gasteiger partial charge in [0.05, 0.1) is 0 Å². The standard InChI is InChI=1S/C6H8ClN3O2S/c7-6-2-1-5(3-9-6)4-10-13(8,11)12/h1-3,10H,4H2,(H2,8,11,12). The zero-order chi connectivity index (χ0) is 9.90. The van der Waals surface area contributed by atoms with Crippen molar-refractivity contribution in [2.45, 2.75) is 6.54 Å². The van der Waals surface area contributed by atoms with Crippen molar-refractivity contribution in [3.05, 3.63) is 29.0 Å². The van der Waals surface area contributed by atoms with E-state index in [1.165, 1.54) is 6.20 Å². The van der Waals surface area contributed by atoms with Crippen LogP contribution in [0.5, 0.6) is 0 Å². The molecule has 0 radical (unpaired) electrons. The molecule has 72 valence electrons. The number of nitrogens with one attached hydrogen (secondary N) is 1. The summed E-state index contributed by atoms with van der Waals surface area (Å²) in [5.41, 5.74) is 0.693. The van der Waals surface area contributed by atoms with Crippen LogP contribution < -0.4 is 9.86 Å². The Hall–Kier alpha value is -0.690. The van der Waals surface area contributed by atoms with Gasteiger partial charge in [-0.25, -0.2) is 10.1 Å². The molecule has 1 aromatic heterocycles. The van der Waals surface area contributed by atoms with Gasteiger partial charge in [-0.05, 0) is 11.6 Å². The second-order valence-electron chi connectivity index (χ2n) is 2.36. The summed E-state index contributed by atoms with van der Waals surface area (Å²) in [6, 6.07) is 3.23. The number of hydrogen-bond donors (Lipinski definition) is 2. The molecule has 0 aliphatic rings. The summed E-state index contributed by atoms with van der Waals surface area (Å²) in [6.07, 6.45) is 1.47. The molecule has 1 heterocycles. The molecule has 1 rings (SSSR count). The maximum Gasteiger partial charge on any atom is 0.274 e. The first kappa shape index (κ1) is 10.4. The lowest BCUT2D eigenvalue weighted by atomic mass is 10.3. The van der Waals surface area contributed by atoms with Crippen molar-refractivity contribution in [3.8, 4) is 0 Å². The van der Waals surface area contributed by atoms with Crippen LogP contribution in [0.1, 0.15) is 5.56 Å². The molecule has 0 atom stereocenters. The van der Waals surface area contributed by atoms with Gasteiger partial charge in [-0.2, -0.15) is 13.1 Å². The Kier molecular flexibility index (Phi) is 3.21. The van der Waals surface area contributed by atoms with E-state index in [9.17, 15) is 8.42 Å². The van der Waals surface area contributed by atoms with E-state index in [1.54, 1.807) is 12.1 Å². The average Bonchev–Trinajstić information content (AvgIpc) is 2.02. The van der Waals surface area contributed by atoms with Crippen LogP contribution in [0, 0.1) is 0 Å². The molecule has 3 N–H and O–H groups in total. The normalized spacial score (nSPS) is 11.5. The lowest BCUT2D eigenvalue weighted by Gasteiger charge is -2.00. The molecule has 0 aliphatic carbocycles. The third-order valence-corrected chi connectivity index (χ3v) is 2.04. The zero-order valence-corrected chi connectivity index (χ0v) is 8.14. The predicted octanol–water partition coefficient (Wildman–Crippen LogP) is 0.0281. The number of nitrogens with two attached hydrogens (primary N) is 1. The third kappa shape index (κ3) is 4.18. The lowest BCUT2D eigenvalue weighted by Crippen LogP contribution is -2.30. The summed E-state index contributed by atoms with van der Waals surface area (Å²) in [7, 11) is -3.64. The first-order chi connectivity index (χ1) is 5.97. The fourth-order valence-corrected chi connectivity index (χ4v) is 1.17. The highest BCUT2D eigenvalue weighted by Gasteiger charge is 2.00. The van der Waals surface area contributed by atoms with Crippen LogP contribution in [-0.4, -0.2) is 13.4 Å². The predicted molar refractivity (Wildman–Crippen MR) is 49.2 cm³/mol. The van der Waals surface area contributed by atoms with Gasteiger partial charge >= 0.3 is 0 Å². The van der Waals surface area contributed by atoms with Crippen molar-refractivity contribution < 1.29 is 8.42 Å². The molecule has 0 fully saturated rings. The SMILES string of the molecule is NS(=O)(=O)NCc1ccc(Cl)nc1. The summed E-state index contributed by atoms with van der Waals surface area (Å²) in [4.78, 5) is 3.77. The number of rotatable bonds is 3. The first-order valence-electron chi connectivity index (χ1n) is 3.35. The Labute approximate surface area is 81.1 Å². The topological polar surface area (TPSA) is 85.1 Å². The molecule has 0 bridgehead atoms. The van der Waals surface area contributed by atoms with Gasteiger partial charge < -0.3 is 0 Å². The monoisotopic (exact) mass is 221 g/mol. The zero-order valence-electron chi connectivity index (χ0n) is 6.57. The molecule has 0 aliphatic heterocycles. The second kappa shape index (κ2) is 4.01. The first-order valence-corrected chi connectivity index (χ1v) is 5.27. The molecular formula is C6H8ClN3O2S. The van der Waals surface area contributed by atoms with Crippen molar-refractivity contribution in [2.24, 2.45) is 5.14 Å². The Morgan fingerprint density at radius 3 is 2.69 bits per heavy atom. The van der Waals surface area contributed by atoms with E-state index in [-0.39, 0.29) is 6.54 Å². The van der Waals surface area contributed by atoms with Crippen LogP contribution in [0.25, 0.3) is 0 Å². The molecule has 0 saturated carbocycles. The third-order valence-electron chi connectivity index (χ3n) is 1.27. The van der Waals surface area contributed by atoms with Crippen molar-refractivity contribution in [1.29, 1.82) is 0 Å². The smallest absolute Gasteiger partial charge is 0.244 e. The highest BCUT2D eigenvalue weighted by atomic mass is 35.5. The van der Waals surface area contributed by atoms with Gasteiger partial charge in [-0.3, -0.25) is 0 Å². The van der Waals surface area contributed by atoms with Crippen LogP contribution in [0.4, 0.5) is 0 Å². The quantitative estimate of drug-likeness (QED) is 0.706. The summed E-state index contributed by atoms with van der Waals surface area (Å²) < 4.78 is 23.1. The fourth-order valence-electron chi connectivity index (χ4n) is 0.695. The van der Waals surface area contributed by atoms with Crippen LogP contribution in [0.2, 0.25) is 5.15 Å². The highest BCUT2D eigenvalue weighted by molar-refractivity contribution is 7.87. The lowest BCUT2D eigenvalue weighted by molar-refractivity contribution is 0.583. The maximum atomic E-state index is 10.5. The molecule has 0 saturated heterocycles. The highest BCUT2D eigenvalue weighted by Crippen LogP contribution is 2.04. The van der Waals surface area contributed by atoms with E-state index in [2.05, 4.69) is 9.71 Å². The number of hydrogen-bond acceptors (Lipinski definition) is 3. The van der Waals surface area contributed by atoms with E-state index in [0.29, 0.717) is 10.7 Å². The minimum absolute atomic E-state index is 0.114. The minimum Gasteiger partial charge on any atom is -0.244 e. The Morgan fingerprint density at radius 2 is 2.23 bits per heavy atom. The van der Waals surface area contributed by atoms with Gasteiger partial charge in [-0.15, -0.1) is 0 Å². The van der Waals surface area contributed by atoms with E-state index >= 15 is 0 Å². The minimum atomic E-state index is -3.64. The molecule has 5 nitrogen and oxygen atoms in total. The average molecular weight is 222 g/mol.